The fourth-order valence-electron chi connectivity index (χ4n) is 3.56. The second-order valence-electron chi connectivity index (χ2n) is 7.33. The van der Waals surface area contributed by atoms with E-state index in [1.54, 1.807) is 0 Å². The van der Waals surface area contributed by atoms with Crippen molar-refractivity contribution in [3.63, 3.8) is 0 Å². The lowest BCUT2D eigenvalue weighted by molar-refractivity contribution is -0.135. The van der Waals surface area contributed by atoms with Crippen molar-refractivity contribution in [3.05, 3.63) is 59.9 Å². The fourth-order valence-corrected chi connectivity index (χ4v) is 3.56. The Morgan fingerprint density at radius 3 is 2.46 bits per heavy atom. The lowest BCUT2D eigenvalue weighted by Gasteiger charge is -2.34. The molecule has 2 heterocycles. The van der Waals surface area contributed by atoms with E-state index < -0.39 is 0 Å². The third-order valence-corrected chi connectivity index (χ3v) is 5.35. The summed E-state index contributed by atoms with van der Waals surface area (Å²) in [7, 11) is 2.06. The maximum Gasteiger partial charge on any atom is 0.260 e. The molecular weight excluding hydrogens is 352 g/mol. The highest BCUT2D eigenvalue weighted by Gasteiger charge is 2.22. The highest BCUT2D eigenvalue weighted by Crippen LogP contribution is 2.16. The summed E-state index contributed by atoms with van der Waals surface area (Å²) < 4.78 is 7.78. The smallest absolute Gasteiger partial charge is 0.260 e. The molecule has 1 amide bonds. The number of imidazole rings is 1. The van der Waals surface area contributed by atoms with Gasteiger partial charge >= 0.3 is 0 Å². The van der Waals surface area contributed by atoms with Gasteiger partial charge < -0.3 is 14.2 Å². The molecule has 1 saturated heterocycles. The van der Waals surface area contributed by atoms with Crippen LogP contribution in [0, 0.1) is 6.92 Å². The quantitative estimate of drug-likeness (QED) is 0.685. The van der Waals surface area contributed by atoms with E-state index >= 15 is 0 Å². The first kappa shape index (κ1) is 18.5. The van der Waals surface area contributed by atoms with E-state index in [4.69, 9.17) is 9.72 Å². The minimum atomic E-state index is 0.0444. The minimum Gasteiger partial charge on any atom is -0.484 e. The normalized spacial score (nSPS) is 15.1. The number of carbonyl (C=O) groups is 1. The highest BCUT2D eigenvalue weighted by atomic mass is 16.5. The van der Waals surface area contributed by atoms with Crippen LogP contribution < -0.4 is 4.74 Å². The lowest BCUT2D eigenvalue weighted by atomic mass is 10.2. The van der Waals surface area contributed by atoms with Crippen LogP contribution >= 0.6 is 0 Å². The van der Waals surface area contributed by atoms with Crippen LogP contribution in [0.15, 0.2) is 48.5 Å². The molecule has 1 aliphatic heterocycles. The second kappa shape index (κ2) is 8.02. The third kappa shape index (κ3) is 4.02. The standard InChI is InChI=1S/C22H26N4O2/c1-17-7-9-18(10-8-17)28-16-22(27)26-13-11-25(12-14-26)15-21-23-19-5-3-4-6-20(19)24(21)2/h3-10H,11-16H2,1-2H3. The largest absolute Gasteiger partial charge is 0.484 e. The van der Waals surface area contributed by atoms with E-state index in [0.717, 1.165) is 55.3 Å². The van der Waals surface area contributed by atoms with Crippen molar-refractivity contribution in [1.82, 2.24) is 19.4 Å². The van der Waals surface area contributed by atoms with Crippen LogP contribution in [0.3, 0.4) is 0 Å². The van der Waals surface area contributed by atoms with Gasteiger partial charge in [0.15, 0.2) is 6.61 Å². The summed E-state index contributed by atoms with van der Waals surface area (Å²) in [5.74, 6) is 1.84. The number of benzene rings is 2. The predicted molar refractivity (Wildman–Crippen MR) is 109 cm³/mol. The number of para-hydroxylation sites is 2. The van der Waals surface area contributed by atoms with Gasteiger partial charge in [0, 0.05) is 33.2 Å². The van der Waals surface area contributed by atoms with E-state index in [1.807, 2.05) is 54.3 Å². The summed E-state index contributed by atoms with van der Waals surface area (Å²) in [6.07, 6.45) is 0. The number of aryl methyl sites for hydroxylation is 2. The molecule has 0 spiro atoms. The second-order valence-corrected chi connectivity index (χ2v) is 7.33. The molecule has 1 aliphatic rings. The Balaban J connectivity index is 1.28. The molecule has 1 aromatic heterocycles. The molecule has 4 rings (SSSR count). The highest BCUT2D eigenvalue weighted by molar-refractivity contribution is 5.78. The molecule has 0 saturated carbocycles. The summed E-state index contributed by atoms with van der Waals surface area (Å²) in [6, 6.07) is 16.0. The number of nitrogens with zero attached hydrogens (tertiary/aromatic N) is 4. The first-order chi connectivity index (χ1) is 13.6. The van der Waals surface area contributed by atoms with Gasteiger partial charge in [-0.3, -0.25) is 9.69 Å². The Hall–Kier alpha value is -2.86. The Bertz CT molecular complexity index is 956. The first-order valence-corrected chi connectivity index (χ1v) is 9.70. The molecule has 0 bridgehead atoms. The number of aromatic nitrogens is 2. The van der Waals surface area contributed by atoms with Crippen LogP contribution in [-0.2, 0) is 18.4 Å². The molecule has 6 nitrogen and oxygen atoms in total. The monoisotopic (exact) mass is 378 g/mol. The van der Waals surface area contributed by atoms with Crippen molar-refractivity contribution >= 4 is 16.9 Å². The fraction of sp³-hybridized carbons (Fsp3) is 0.364. The molecule has 28 heavy (non-hydrogen) atoms. The lowest BCUT2D eigenvalue weighted by Crippen LogP contribution is -2.49. The molecule has 1 fully saturated rings. The Kier molecular flexibility index (Phi) is 5.30. The van der Waals surface area contributed by atoms with Crippen LogP contribution in [0.5, 0.6) is 5.75 Å². The van der Waals surface area contributed by atoms with Crippen molar-refractivity contribution in [3.8, 4) is 5.75 Å². The molecule has 0 unspecified atom stereocenters. The average Bonchev–Trinajstić information content (AvgIpc) is 3.03. The number of hydrogen-bond donors (Lipinski definition) is 0. The van der Waals surface area contributed by atoms with Gasteiger partial charge in [-0.2, -0.15) is 0 Å². The maximum atomic E-state index is 12.4. The zero-order chi connectivity index (χ0) is 19.5. The Labute approximate surface area is 165 Å². The molecule has 146 valence electrons. The number of hydrogen-bond acceptors (Lipinski definition) is 4. The summed E-state index contributed by atoms with van der Waals surface area (Å²) >= 11 is 0. The molecule has 2 aromatic carbocycles. The summed E-state index contributed by atoms with van der Waals surface area (Å²) in [6.45, 7) is 6.06. The van der Waals surface area contributed by atoms with Gasteiger partial charge in [-0.05, 0) is 31.2 Å². The predicted octanol–water partition coefficient (Wildman–Crippen LogP) is 2.60. The molecule has 0 aliphatic carbocycles. The number of ether oxygens (including phenoxy) is 1. The van der Waals surface area contributed by atoms with Crippen LogP contribution in [0.25, 0.3) is 11.0 Å². The average molecular weight is 378 g/mol. The molecule has 6 heteroatoms. The van der Waals surface area contributed by atoms with Crippen molar-refractivity contribution in [1.29, 1.82) is 0 Å². The topological polar surface area (TPSA) is 50.6 Å². The third-order valence-electron chi connectivity index (χ3n) is 5.35. The number of fused-ring (bicyclic) bond motifs is 1. The molecule has 0 N–H and O–H groups in total. The van der Waals surface area contributed by atoms with Gasteiger partial charge in [0.1, 0.15) is 11.6 Å². The van der Waals surface area contributed by atoms with Gasteiger partial charge in [-0.25, -0.2) is 4.98 Å². The van der Waals surface area contributed by atoms with Crippen molar-refractivity contribution in [2.45, 2.75) is 13.5 Å². The molecular formula is C22H26N4O2. The Morgan fingerprint density at radius 2 is 1.75 bits per heavy atom. The van der Waals surface area contributed by atoms with Gasteiger partial charge in [-0.15, -0.1) is 0 Å². The number of amides is 1. The summed E-state index contributed by atoms with van der Waals surface area (Å²) in [4.78, 5) is 21.4. The van der Waals surface area contributed by atoms with Crippen molar-refractivity contribution < 1.29 is 9.53 Å². The van der Waals surface area contributed by atoms with Crippen molar-refractivity contribution in [2.24, 2.45) is 7.05 Å². The number of rotatable bonds is 5. The first-order valence-electron chi connectivity index (χ1n) is 9.70. The van der Waals surface area contributed by atoms with E-state index in [9.17, 15) is 4.79 Å². The van der Waals surface area contributed by atoms with Crippen LogP contribution in [0.2, 0.25) is 0 Å². The van der Waals surface area contributed by atoms with Gasteiger partial charge in [0.05, 0.1) is 17.6 Å². The van der Waals surface area contributed by atoms with E-state index in [-0.39, 0.29) is 12.5 Å². The van der Waals surface area contributed by atoms with Gasteiger partial charge in [0.25, 0.3) is 5.91 Å². The maximum absolute atomic E-state index is 12.4. The molecule has 0 radical (unpaired) electrons. The minimum absolute atomic E-state index is 0.0444. The zero-order valence-corrected chi connectivity index (χ0v) is 16.5. The van der Waals surface area contributed by atoms with Crippen LogP contribution in [-0.4, -0.2) is 58.0 Å². The van der Waals surface area contributed by atoms with Crippen molar-refractivity contribution in [2.75, 3.05) is 32.8 Å². The van der Waals surface area contributed by atoms with E-state index in [0.29, 0.717) is 0 Å². The van der Waals surface area contributed by atoms with Gasteiger partial charge in [0.2, 0.25) is 0 Å². The van der Waals surface area contributed by atoms with E-state index in [2.05, 4.69) is 22.6 Å². The molecule has 0 atom stereocenters. The van der Waals surface area contributed by atoms with Gasteiger partial charge in [-0.1, -0.05) is 29.8 Å². The molecule has 3 aromatic rings. The van der Waals surface area contributed by atoms with E-state index in [1.165, 1.54) is 5.56 Å². The Morgan fingerprint density at radius 1 is 1.04 bits per heavy atom. The number of piperazine rings is 1. The summed E-state index contributed by atoms with van der Waals surface area (Å²) in [5.41, 5.74) is 3.36. The zero-order valence-electron chi connectivity index (χ0n) is 16.5. The van der Waals surface area contributed by atoms with Crippen LogP contribution in [0.4, 0.5) is 0 Å². The summed E-state index contributed by atoms with van der Waals surface area (Å²) in [5, 5.41) is 0. The van der Waals surface area contributed by atoms with Crippen LogP contribution in [0.1, 0.15) is 11.4 Å². The number of carbonyl (C=O) groups excluding carboxylic acids is 1. The SMILES string of the molecule is Cc1ccc(OCC(=O)N2CCN(Cc3nc4ccccc4n3C)CC2)cc1.